The number of rotatable bonds is 5. The number of aromatic nitrogens is 2. The second-order valence-corrected chi connectivity index (χ2v) is 10.3. The van der Waals surface area contributed by atoms with Crippen LogP contribution < -0.4 is 10.3 Å². The summed E-state index contributed by atoms with van der Waals surface area (Å²) in [5.74, 6) is 2.78. The van der Waals surface area contributed by atoms with Crippen LogP contribution in [0.3, 0.4) is 0 Å². The Labute approximate surface area is 193 Å². The van der Waals surface area contributed by atoms with Crippen molar-refractivity contribution >= 4 is 18.0 Å². The van der Waals surface area contributed by atoms with Gasteiger partial charge < -0.3 is 14.7 Å². The number of halogens is 1. The van der Waals surface area contributed by atoms with Crippen LogP contribution in [-0.4, -0.2) is 47.6 Å². The molecule has 2 heterocycles. The summed E-state index contributed by atoms with van der Waals surface area (Å²) in [6, 6.07) is 5.99. The Balaban J connectivity index is 1.20. The monoisotopic (exact) mass is 451 g/mol. The summed E-state index contributed by atoms with van der Waals surface area (Å²) >= 11 is 0. The Bertz CT molecular complexity index is 1030. The van der Waals surface area contributed by atoms with Gasteiger partial charge in [-0.1, -0.05) is 6.07 Å². The Hall–Kier alpha value is -2.74. The zero-order valence-corrected chi connectivity index (χ0v) is 18.7. The van der Waals surface area contributed by atoms with Crippen LogP contribution >= 0.6 is 0 Å². The quantitative estimate of drug-likeness (QED) is 0.527. The van der Waals surface area contributed by atoms with Crippen LogP contribution in [0.15, 0.2) is 29.5 Å². The molecule has 8 heteroatoms. The summed E-state index contributed by atoms with van der Waals surface area (Å²) in [5.41, 5.74) is 5.05. The lowest BCUT2D eigenvalue weighted by Gasteiger charge is -2.57. The van der Waals surface area contributed by atoms with Gasteiger partial charge in [0.05, 0.1) is 25.6 Å². The van der Waals surface area contributed by atoms with Crippen molar-refractivity contribution in [3.63, 3.8) is 0 Å². The van der Waals surface area contributed by atoms with E-state index in [2.05, 4.69) is 32.6 Å². The third-order valence-corrected chi connectivity index (χ3v) is 8.08. The molecule has 0 atom stereocenters. The summed E-state index contributed by atoms with van der Waals surface area (Å²) < 4.78 is 19.6. The van der Waals surface area contributed by atoms with Crippen LogP contribution in [-0.2, 0) is 10.2 Å². The number of nitrogens with one attached hydrogen (secondary N) is 1. The van der Waals surface area contributed by atoms with Crippen molar-refractivity contribution in [3.8, 4) is 5.75 Å². The highest BCUT2D eigenvalue weighted by Gasteiger charge is 2.51. The summed E-state index contributed by atoms with van der Waals surface area (Å²) in [6.45, 7) is 2.26. The number of phenolic OH excluding ortho intramolecular Hbond substituents is 1. The Morgan fingerprint density at radius 1 is 1.12 bits per heavy atom. The molecule has 0 spiro atoms. The van der Waals surface area contributed by atoms with Gasteiger partial charge in [-0.25, -0.2) is 14.8 Å². The van der Waals surface area contributed by atoms with Crippen LogP contribution in [0.5, 0.6) is 5.75 Å². The van der Waals surface area contributed by atoms with Crippen LogP contribution in [0.25, 0.3) is 0 Å². The van der Waals surface area contributed by atoms with Gasteiger partial charge in [-0.3, -0.25) is 0 Å². The van der Waals surface area contributed by atoms with Crippen molar-refractivity contribution in [2.24, 2.45) is 22.9 Å². The van der Waals surface area contributed by atoms with Crippen LogP contribution in [0.1, 0.15) is 49.7 Å². The Morgan fingerprint density at radius 2 is 1.82 bits per heavy atom. The van der Waals surface area contributed by atoms with Gasteiger partial charge in [-0.2, -0.15) is 10.1 Å². The van der Waals surface area contributed by atoms with E-state index in [1.165, 1.54) is 44.1 Å². The fraction of sp³-hybridized carbons (Fsp3) is 0.560. The number of aromatic hydroxyl groups is 1. The van der Waals surface area contributed by atoms with Crippen molar-refractivity contribution < 1.29 is 14.2 Å². The van der Waals surface area contributed by atoms with E-state index in [0.29, 0.717) is 31.9 Å². The van der Waals surface area contributed by atoms with E-state index in [1.54, 1.807) is 12.3 Å². The normalized spacial score (nSPS) is 30.8. The molecule has 174 valence electrons. The Kier molecular flexibility index (Phi) is 5.20. The molecule has 0 amide bonds. The van der Waals surface area contributed by atoms with Gasteiger partial charge in [-0.05, 0) is 79.4 Å². The van der Waals surface area contributed by atoms with E-state index in [1.807, 2.05) is 4.90 Å². The lowest BCUT2D eigenvalue weighted by atomic mass is 9.48. The largest absolute Gasteiger partial charge is 0.507 e. The molecule has 1 saturated heterocycles. The summed E-state index contributed by atoms with van der Waals surface area (Å²) in [4.78, 5) is 10.1. The molecule has 2 aromatic rings. The SMILES string of the molecule is Oc1ccc(C23CC4CC(CC(C4)C2)C3)cc1/C=N\Nc1ncc(F)c(N2CCOCC2)n1. The van der Waals surface area contributed by atoms with Crippen molar-refractivity contribution in [3.05, 3.63) is 41.3 Å². The van der Waals surface area contributed by atoms with Gasteiger partial charge in [0.2, 0.25) is 5.95 Å². The minimum atomic E-state index is -0.465. The molecule has 7 rings (SSSR count). The molecule has 2 N–H and O–H groups in total. The highest BCUT2D eigenvalue weighted by Crippen LogP contribution is 2.60. The average molecular weight is 452 g/mol. The zero-order chi connectivity index (χ0) is 22.4. The first-order valence-corrected chi connectivity index (χ1v) is 12.1. The Morgan fingerprint density at radius 3 is 2.52 bits per heavy atom. The van der Waals surface area contributed by atoms with Gasteiger partial charge in [0.25, 0.3) is 0 Å². The van der Waals surface area contributed by atoms with Crippen LogP contribution in [0, 0.1) is 23.6 Å². The summed E-state index contributed by atoms with van der Waals surface area (Å²) in [7, 11) is 0. The number of hydrogen-bond acceptors (Lipinski definition) is 7. The summed E-state index contributed by atoms with van der Waals surface area (Å²) in [5, 5.41) is 14.7. The first kappa shape index (κ1) is 20.8. The highest BCUT2D eigenvalue weighted by atomic mass is 19.1. The van der Waals surface area contributed by atoms with Gasteiger partial charge in [0, 0.05) is 18.7 Å². The maximum absolute atomic E-state index is 14.2. The minimum Gasteiger partial charge on any atom is -0.507 e. The van der Waals surface area contributed by atoms with Gasteiger partial charge in [0.15, 0.2) is 11.6 Å². The van der Waals surface area contributed by atoms with E-state index in [4.69, 9.17) is 4.74 Å². The van der Waals surface area contributed by atoms with E-state index < -0.39 is 5.82 Å². The van der Waals surface area contributed by atoms with Crippen molar-refractivity contribution in [1.29, 1.82) is 0 Å². The first-order chi connectivity index (χ1) is 16.1. The second kappa shape index (κ2) is 8.24. The second-order valence-electron chi connectivity index (χ2n) is 10.3. The van der Waals surface area contributed by atoms with Gasteiger partial charge in [-0.15, -0.1) is 0 Å². The van der Waals surface area contributed by atoms with E-state index in [0.717, 1.165) is 24.0 Å². The molecule has 1 aliphatic heterocycles. The number of anilines is 2. The van der Waals surface area contributed by atoms with E-state index in [9.17, 15) is 9.50 Å². The summed E-state index contributed by atoms with van der Waals surface area (Å²) in [6.07, 6.45) is 10.8. The van der Waals surface area contributed by atoms with E-state index in [-0.39, 0.29) is 22.9 Å². The molecule has 7 nitrogen and oxygen atoms in total. The van der Waals surface area contributed by atoms with Crippen molar-refractivity contribution in [1.82, 2.24) is 9.97 Å². The molecule has 1 aromatic carbocycles. The molecule has 0 radical (unpaired) electrons. The minimum absolute atomic E-state index is 0.197. The standard InChI is InChI=1S/C25H30FN5O2/c26-21-15-27-24(29-23(21)31-3-5-33-6-4-31)30-28-14-19-10-20(1-2-22(19)32)25-11-16-7-17(12-25)9-18(8-16)13-25/h1-2,10,14-18,32H,3-9,11-13H2,(H,27,29,30)/b28-14-. The molecule has 5 aliphatic rings. The van der Waals surface area contributed by atoms with Crippen molar-refractivity contribution in [2.45, 2.75) is 43.9 Å². The number of morpholine rings is 1. The predicted molar refractivity (Wildman–Crippen MR) is 124 cm³/mol. The third-order valence-electron chi connectivity index (χ3n) is 8.08. The molecule has 0 unspecified atom stereocenters. The number of hydrazone groups is 1. The maximum Gasteiger partial charge on any atom is 0.245 e. The molecule has 5 fully saturated rings. The number of phenols is 1. The number of hydrogen-bond donors (Lipinski definition) is 2. The molecular formula is C25H30FN5O2. The fourth-order valence-electron chi connectivity index (χ4n) is 7.02. The number of ether oxygens (including phenoxy) is 1. The lowest BCUT2D eigenvalue weighted by Crippen LogP contribution is -2.48. The molecule has 4 saturated carbocycles. The topological polar surface area (TPSA) is 82.9 Å². The zero-order valence-electron chi connectivity index (χ0n) is 18.7. The maximum atomic E-state index is 14.2. The molecule has 33 heavy (non-hydrogen) atoms. The first-order valence-electron chi connectivity index (χ1n) is 12.1. The van der Waals surface area contributed by atoms with Gasteiger partial charge in [0.1, 0.15) is 5.75 Å². The van der Waals surface area contributed by atoms with E-state index >= 15 is 0 Å². The number of benzene rings is 1. The molecule has 1 aromatic heterocycles. The smallest absolute Gasteiger partial charge is 0.245 e. The predicted octanol–water partition coefficient (Wildman–Crippen LogP) is 4.07. The number of nitrogens with zero attached hydrogens (tertiary/aromatic N) is 4. The fourth-order valence-corrected chi connectivity index (χ4v) is 7.02. The third kappa shape index (κ3) is 3.94. The molecule has 4 bridgehead atoms. The van der Waals surface area contributed by atoms with Crippen LogP contribution in [0.4, 0.5) is 16.2 Å². The van der Waals surface area contributed by atoms with Gasteiger partial charge >= 0.3 is 0 Å². The van der Waals surface area contributed by atoms with Crippen molar-refractivity contribution in [2.75, 3.05) is 36.6 Å². The molecule has 4 aliphatic carbocycles. The molecular weight excluding hydrogens is 421 g/mol. The highest BCUT2D eigenvalue weighted by molar-refractivity contribution is 5.84. The lowest BCUT2D eigenvalue weighted by molar-refractivity contribution is -0.00520. The average Bonchev–Trinajstić information content (AvgIpc) is 2.81. The van der Waals surface area contributed by atoms with Crippen LogP contribution in [0.2, 0.25) is 0 Å².